The van der Waals surface area contributed by atoms with Gasteiger partial charge in [0.05, 0.1) is 11.9 Å². The van der Waals surface area contributed by atoms with Crippen LogP contribution in [0.4, 0.5) is 0 Å². The summed E-state index contributed by atoms with van der Waals surface area (Å²) in [6, 6.07) is 5.00. The predicted molar refractivity (Wildman–Crippen MR) is 72.2 cm³/mol. The fourth-order valence-electron chi connectivity index (χ4n) is 2.20. The van der Waals surface area contributed by atoms with Gasteiger partial charge in [-0.25, -0.2) is 8.42 Å². The highest BCUT2D eigenvalue weighted by Gasteiger charge is 2.22. The molecule has 0 spiro atoms. The van der Waals surface area contributed by atoms with Gasteiger partial charge in [-0.05, 0) is 17.7 Å². The Morgan fingerprint density at radius 1 is 1.35 bits per heavy atom. The zero-order valence-electron chi connectivity index (χ0n) is 10.7. The van der Waals surface area contributed by atoms with Crippen molar-refractivity contribution in [1.82, 2.24) is 5.32 Å². The Balaban J connectivity index is 1.60. The van der Waals surface area contributed by atoms with Crippen LogP contribution >= 0.6 is 0 Å². The van der Waals surface area contributed by atoms with Crippen molar-refractivity contribution in [1.29, 1.82) is 0 Å². The van der Waals surface area contributed by atoms with Gasteiger partial charge in [-0.2, -0.15) is 0 Å². The van der Waals surface area contributed by atoms with E-state index in [1.807, 2.05) is 0 Å². The van der Waals surface area contributed by atoms with Crippen molar-refractivity contribution in [3.8, 4) is 11.5 Å². The minimum atomic E-state index is -3.08. The molecule has 20 heavy (non-hydrogen) atoms. The number of benzene rings is 1. The molecule has 0 aromatic heterocycles. The molecule has 2 aliphatic heterocycles. The zero-order chi connectivity index (χ0) is 14.2. The van der Waals surface area contributed by atoms with E-state index in [2.05, 4.69) is 5.32 Å². The number of nitrogens with one attached hydrogen (secondary N) is 1. The molecule has 7 heteroatoms. The molecule has 0 aliphatic carbocycles. The lowest BCUT2D eigenvalue weighted by atomic mass is 10.1. The fraction of sp³-hybridized carbons (Fsp3) is 0.385. The second-order valence-corrected chi connectivity index (χ2v) is 6.73. The minimum Gasteiger partial charge on any atom is -0.454 e. The van der Waals surface area contributed by atoms with Crippen molar-refractivity contribution >= 4 is 9.84 Å². The van der Waals surface area contributed by atoms with Gasteiger partial charge >= 0.3 is 0 Å². The Kier molecular flexibility index (Phi) is 3.41. The van der Waals surface area contributed by atoms with E-state index in [4.69, 9.17) is 9.47 Å². The van der Waals surface area contributed by atoms with Gasteiger partial charge in [-0.1, -0.05) is 12.1 Å². The van der Waals surface area contributed by atoms with Crippen LogP contribution in [0.25, 0.3) is 0 Å². The number of hydrogen-bond acceptors (Lipinski definition) is 6. The molecular weight excluding hydrogens is 282 g/mol. The van der Waals surface area contributed by atoms with E-state index in [1.165, 1.54) is 5.41 Å². The summed E-state index contributed by atoms with van der Waals surface area (Å²) in [4.78, 5) is 0. The third kappa shape index (κ3) is 2.79. The Labute approximate surface area is 116 Å². The molecule has 3 rings (SSSR count). The molecule has 2 aliphatic rings. The molecule has 2 heterocycles. The molecule has 2 unspecified atom stereocenters. The van der Waals surface area contributed by atoms with Gasteiger partial charge in [0, 0.05) is 18.0 Å². The maximum Gasteiger partial charge on any atom is 0.231 e. The molecule has 0 saturated heterocycles. The summed E-state index contributed by atoms with van der Waals surface area (Å²) >= 11 is 0. The molecule has 1 aromatic carbocycles. The van der Waals surface area contributed by atoms with E-state index in [0.717, 1.165) is 0 Å². The van der Waals surface area contributed by atoms with Crippen molar-refractivity contribution < 1.29 is 23.0 Å². The highest BCUT2D eigenvalue weighted by Crippen LogP contribution is 2.34. The summed E-state index contributed by atoms with van der Waals surface area (Å²) < 4.78 is 33.0. The van der Waals surface area contributed by atoms with Crippen molar-refractivity contribution in [3.63, 3.8) is 0 Å². The molecule has 0 fully saturated rings. The maximum atomic E-state index is 11.3. The topological polar surface area (TPSA) is 84.9 Å². The van der Waals surface area contributed by atoms with Gasteiger partial charge < -0.3 is 19.9 Å². The van der Waals surface area contributed by atoms with Gasteiger partial charge in [0.15, 0.2) is 21.3 Å². The van der Waals surface area contributed by atoms with E-state index in [-0.39, 0.29) is 25.1 Å². The monoisotopic (exact) mass is 297 g/mol. The highest BCUT2D eigenvalue weighted by atomic mass is 32.2. The Morgan fingerprint density at radius 3 is 2.90 bits per heavy atom. The van der Waals surface area contributed by atoms with E-state index in [0.29, 0.717) is 17.1 Å². The number of rotatable bonds is 4. The summed E-state index contributed by atoms with van der Waals surface area (Å²) in [5, 5.41) is 14.3. The van der Waals surface area contributed by atoms with Gasteiger partial charge in [-0.3, -0.25) is 0 Å². The van der Waals surface area contributed by atoms with Crippen molar-refractivity contribution in [3.05, 3.63) is 35.2 Å². The van der Waals surface area contributed by atoms with E-state index >= 15 is 0 Å². The molecule has 6 nitrogen and oxygen atoms in total. The first-order chi connectivity index (χ1) is 9.53. The van der Waals surface area contributed by atoms with Crippen molar-refractivity contribution in [2.75, 3.05) is 19.1 Å². The number of aliphatic hydroxyl groups is 1. The molecule has 0 bridgehead atoms. The van der Waals surface area contributed by atoms with Crippen LogP contribution in [-0.4, -0.2) is 38.7 Å². The van der Waals surface area contributed by atoms with Crippen LogP contribution in [0.5, 0.6) is 11.5 Å². The lowest BCUT2D eigenvalue weighted by Crippen LogP contribution is -2.33. The van der Waals surface area contributed by atoms with Gasteiger partial charge in [0.25, 0.3) is 0 Å². The number of aliphatic hydroxyl groups excluding tert-OH is 1. The molecule has 2 atom stereocenters. The predicted octanol–water partition coefficient (Wildman–Crippen LogP) is 0.349. The maximum absolute atomic E-state index is 11.3. The highest BCUT2D eigenvalue weighted by molar-refractivity contribution is 7.94. The lowest BCUT2D eigenvalue weighted by Gasteiger charge is -2.15. The van der Waals surface area contributed by atoms with Crippen LogP contribution in [0.15, 0.2) is 29.7 Å². The summed E-state index contributed by atoms with van der Waals surface area (Å²) in [6.07, 6.45) is 0.864. The normalized spacial score (nSPS) is 23.9. The smallest absolute Gasteiger partial charge is 0.231 e. The van der Waals surface area contributed by atoms with Crippen LogP contribution < -0.4 is 14.8 Å². The Morgan fingerprint density at radius 2 is 2.15 bits per heavy atom. The molecule has 0 amide bonds. The second-order valence-electron chi connectivity index (χ2n) is 4.80. The first kappa shape index (κ1) is 13.4. The fourth-order valence-corrected chi connectivity index (χ4v) is 3.47. The third-order valence-electron chi connectivity index (χ3n) is 3.28. The average molecular weight is 297 g/mol. The zero-order valence-corrected chi connectivity index (χ0v) is 11.5. The number of ether oxygens (including phenoxy) is 2. The first-order valence-corrected chi connectivity index (χ1v) is 7.97. The summed E-state index contributed by atoms with van der Waals surface area (Å²) in [6.45, 7) is 0.460. The van der Waals surface area contributed by atoms with Crippen LogP contribution in [0.3, 0.4) is 0 Å². The van der Waals surface area contributed by atoms with Crippen LogP contribution in [0.2, 0.25) is 0 Å². The summed E-state index contributed by atoms with van der Waals surface area (Å²) in [7, 11) is -3.08. The van der Waals surface area contributed by atoms with Crippen molar-refractivity contribution in [2.24, 2.45) is 0 Å². The Hall–Kier alpha value is -1.57. The molecular formula is C13H15NO5S. The average Bonchev–Trinajstić information content (AvgIpc) is 3.01. The molecule has 2 N–H and O–H groups in total. The van der Waals surface area contributed by atoms with Crippen LogP contribution in [0.1, 0.15) is 11.7 Å². The molecule has 1 aromatic rings. The SMILES string of the molecule is O=S1(=O)C=CC(NCC(O)c2ccc3c(c2)OCO3)C1. The molecule has 0 saturated carbocycles. The first-order valence-electron chi connectivity index (χ1n) is 6.25. The second kappa shape index (κ2) is 5.08. The van der Waals surface area contributed by atoms with Gasteiger partial charge in [0.2, 0.25) is 6.79 Å². The van der Waals surface area contributed by atoms with Crippen LogP contribution in [-0.2, 0) is 9.84 Å². The summed E-state index contributed by atoms with van der Waals surface area (Å²) in [5.74, 6) is 1.32. The number of fused-ring (bicyclic) bond motifs is 1. The minimum absolute atomic E-state index is 0.0425. The quantitative estimate of drug-likeness (QED) is 0.834. The number of hydrogen-bond donors (Lipinski definition) is 2. The van der Waals surface area contributed by atoms with E-state index in [9.17, 15) is 13.5 Å². The van der Waals surface area contributed by atoms with E-state index < -0.39 is 15.9 Å². The van der Waals surface area contributed by atoms with Crippen molar-refractivity contribution in [2.45, 2.75) is 12.1 Å². The van der Waals surface area contributed by atoms with Gasteiger partial charge in [0.1, 0.15) is 0 Å². The van der Waals surface area contributed by atoms with E-state index in [1.54, 1.807) is 24.3 Å². The molecule has 0 radical (unpaired) electrons. The largest absolute Gasteiger partial charge is 0.454 e. The lowest BCUT2D eigenvalue weighted by molar-refractivity contribution is 0.169. The van der Waals surface area contributed by atoms with Crippen LogP contribution in [0, 0.1) is 0 Å². The number of sulfone groups is 1. The molecule has 108 valence electrons. The van der Waals surface area contributed by atoms with Gasteiger partial charge in [-0.15, -0.1) is 0 Å². The standard InChI is InChI=1S/C13H15NO5S/c15-11(6-14-10-3-4-20(16,17)7-10)9-1-2-12-13(5-9)19-8-18-12/h1-5,10-11,14-15H,6-8H2. The third-order valence-corrected chi connectivity index (χ3v) is 4.68. The Bertz CT molecular complexity index is 640. The summed E-state index contributed by atoms with van der Waals surface area (Å²) in [5.41, 5.74) is 0.701.